The number of anilines is 1. The summed E-state index contributed by atoms with van der Waals surface area (Å²) in [4.78, 5) is 2.04. The molecule has 0 bridgehead atoms. The van der Waals surface area contributed by atoms with Crippen LogP contribution in [0.4, 0.5) is 5.69 Å². The summed E-state index contributed by atoms with van der Waals surface area (Å²) in [6.45, 7) is 1.80. The van der Waals surface area contributed by atoms with E-state index in [0.29, 0.717) is 5.71 Å². The Hall–Kier alpha value is -1.31. The van der Waals surface area contributed by atoms with Gasteiger partial charge >= 0.3 is 0 Å². The number of nitrogens with zero attached hydrogens (tertiary/aromatic N) is 1. The minimum absolute atomic E-state index is 0.611. The highest BCUT2D eigenvalue weighted by Crippen LogP contribution is 2.12. The van der Waals surface area contributed by atoms with Crippen LogP contribution in [0.1, 0.15) is 12.5 Å². The number of rotatable bonds is 2. The molecule has 0 atom stereocenters. The second-order valence-electron chi connectivity index (χ2n) is 3.07. The fraction of sp³-hybridized carbons (Fsp3) is 0.300. The quantitative estimate of drug-likeness (QED) is 0.663. The first-order valence-corrected chi connectivity index (χ1v) is 3.94. The zero-order valence-electron chi connectivity index (χ0n) is 7.76. The molecular formula is C10H14N2. The van der Waals surface area contributed by atoms with E-state index in [4.69, 9.17) is 5.41 Å². The maximum absolute atomic E-state index is 7.40. The van der Waals surface area contributed by atoms with Crippen molar-refractivity contribution < 1.29 is 0 Å². The normalized spacial score (nSPS) is 9.58. The van der Waals surface area contributed by atoms with Crippen LogP contribution in [0, 0.1) is 5.41 Å². The molecule has 0 aliphatic carbocycles. The minimum Gasteiger partial charge on any atom is -0.378 e. The molecule has 1 N–H and O–H groups in total. The summed E-state index contributed by atoms with van der Waals surface area (Å²) in [5, 5.41) is 7.40. The van der Waals surface area contributed by atoms with Gasteiger partial charge in [0.1, 0.15) is 0 Å². The van der Waals surface area contributed by atoms with Crippen LogP contribution in [0.2, 0.25) is 0 Å². The van der Waals surface area contributed by atoms with E-state index in [1.807, 2.05) is 43.3 Å². The maximum Gasteiger partial charge on any atom is 0.0361 e. The highest BCUT2D eigenvalue weighted by atomic mass is 15.1. The minimum atomic E-state index is 0.611. The van der Waals surface area contributed by atoms with Crippen molar-refractivity contribution in [1.29, 1.82) is 5.41 Å². The average Bonchev–Trinajstić information content (AvgIpc) is 2.04. The summed E-state index contributed by atoms with van der Waals surface area (Å²) in [6, 6.07) is 7.98. The van der Waals surface area contributed by atoms with Crippen LogP contribution in [-0.4, -0.2) is 19.8 Å². The van der Waals surface area contributed by atoms with Gasteiger partial charge in [0, 0.05) is 25.5 Å². The van der Waals surface area contributed by atoms with Gasteiger partial charge in [-0.25, -0.2) is 0 Å². The predicted molar refractivity (Wildman–Crippen MR) is 53.3 cm³/mol. The summed E-state index contributed by atoms with van der Waals surface area (Å²) in [5.41, 5.74) is 2.76. The highest BCUT2D eigenvalue weighted by molar-refractivity contribution is 5.96. The van der Waals surface area contributed by atoms with Crippen molar-refractivity contribution >= 4 is 11.4 Å². The molecular weight excluding hydrogens is 148 g/mol. The molecule has 0 saturated heterocycles. The van der Waals surface area contributed by atoms with Crippen LogP contribution in [0.5, 0.6) is 0 Å². The van der Waals surface area contributed by atoms with Crippen molar-refractivity contribution in [2.45, 2.75) is 6.92 Å². The molecule has 0 heterocycles. The molecule has 0 aliphatic heterocycles. The Balaban J connectivity index is 2.93. The van der Waals surface area contributed by atoms with Crippen LogP contribution in [0.25, 0.3) is 0 Å². The lowest BCUT2D eigenvalue weighted by Gasteiger charge is -2.12. The molecule has 0 fully saturated rings. The fourth-order valence-corrected chi connectivity index (χ4v) is 1.01. The van der Waals surface area contributed by atoms with Crippen molar-refractivity contribution in [2.24, 2.45) is 0 Å². The van der Waals surface area contributed by atoms with E-state index in [-0.39, 0.29) is 0 Å². The lowest BCUT2D eigenvalue weighted by Crippen LogP contribution is -2.08. The molecule has 12 heavy (non-hydrogen) atoms. The summed E-state index contributed by atoms with van der Waals surface area (Å²) in [5.74, 6) is 0. The average molecular weight is 162 g/mol. The van der Waals surface area contributed by atoms with Crippen molar-refractivity contribution in [2.75, 3.05) is 19.0 Å². The van der Waals surface area contributed by atoms with Gasteiger partial charge in [-0.2, -0.15) is 0 Å². The maximum atomic E-state index is 7.40. The molecule has 0 aromatic heterocycles. The lowest BCUT2D eigenvalue weighted by atomic mass is 10.1. The summed E-state index contributed by atoms with van der Waals surface area (Å²) in [7, 11) is 4.01. The Bertz CT molecular complexity index is 272. The standard InChI is InChI=1S/C10H14N2/c1-8(11)9-4-6-10(7-5-9)12(2)3/h4-7,11H,1-3H3. The summed E-state index contributed by atoms with van der Waals surface area (Å²) >= 11 is 0. The fourth-order valence-electron chi connectivity index (χ4n) is 1.01. The lowest BCUT2D eigenvalue weighted by molar-refractivity contribution is 1.13. The Labute approximate surface area is 73.3 Å². The van der Waals surface area contributed by atoms with Crippen LogP contribution >= 0.6 is 0 Å². The Morgan fingerprint density at radius 1 is 1.17 bits per heavy atom. The molecule has 0 spiro atoms. The van der Waals surface area contributed by atoms with Crippen molar-refractivity contribution in [1.82, 2.24) is 0 Å². The number of benzene rings is 1. The number of nitrogens with one attached hydrogen (secondary N) is 1. The van der Waals surface area contributed by atoms with E-state index >= 15 is 0 Å². The topological polar surface area (TPSA) is 27.1 Å². The van der Waals surface area contributed by atoms with E-state index in [0.717, 1.165) is 5.56 Å². The van der Waals surface area contributed by atoms with E-state index in [1.54, 1.807) is 6.92 Å². The molecule has 0 saturated carbocycles. The predicted octanol–water partition coefficient (Wildman–Crippen LogP) is 2.14. The van der Waals surface area contributed by atoms with Gasteiger partial charge in [-0.1, -0.05) is 12.1 Å². The van der Waals surface area contributed by atoms with Gasteiger partial charge in [0.25, 0.3) is 0 Å². The van der Waals surface area contributed by atoms with Gasteiger partial charge in [-0.15, -0.1) is 0 Å². The van der Waals surface area contributed by atoms with Gasteiger partial charge in [0.05, 0.1) is 0 Å². The van der Waals surface area contributed by atoms with E-state index in [1.165, 1.54) is 5.69 Å². The first-order valence-electron chi connectivity index (χ1n) is 3.94. The second-order valence-corrected chi connectivity index (χ2v) is 3.07. The van der Waals surface area contributed by atoms with E-state index in [2.05, 4.69) is 0 Å². The third-order valence-electron chi connectivity index (χ3n) is 1.82. The van der Waals surface area contributed by atoms with Crippen molar-refractivity contribution in [3.05, 3.63) is 29.8 Å². The summed E-state index contributed by atoms with van der Waals surface area (Å²) < 4.78 is 0. The first-order chi connectivity index (χ1) is 5.61. The zero-order chi connectivity index (χ0) is 9.14. The molecule has 1 aromatic carbocycles. The molecule has 1 rings (SSSR count). The van der Waals surface area contributed by atoms with Crippen LogP contribution < -0.4 is 4.90 Å². The number of hydrogen-bond donors (Lipinski definition) is 1. The molecule has 0 amide bonds. The van der Waals surface area contributed by atoms with Gasteiger partial charge in [0.2, 0.25) is 0 Å². The summed E-state index contributed by atoms with van der Waals surface area (Å²) in [6.07, 6.45) is 0. The van der Waals surface area contributed by atoms with Gasteiger partial charge in [-0.05, 0) is 24.6 Å². The number of hydrogen-bond acceptors (Lipinski definition) is 2. The Kier molecular flexibility index (Phi) is 2.48. The first kappa shape index (κ1) is 8.78. The van der Waals surface area contributed by atoms with Crippen LogP contribution in [0.3, 0.4) is 0 Å². The Morgan fingerprint density at radius 2 is 1.67 bits per heavy atom. The molecule has 64 valence electrons. The highest BCUT2D eigenvalue weighted by Gasteiger charge is 1.96. The largest absolute Gasteiger partial charge is 0.378 e. The molecule has 0 aliphatic rings. The third kappa shape index (κ3) is 1.84. The smallest absolute Gasteiger partial charge is 0.0361 e. The monoisotopic (exact) mass is 162 g/mol. The molecule has 2 nitrogen and oxygen atoms in total. The van der Waals surface area contributed by atoms with Crippen molar-refractivity contribution in [3.63, 3.8) is 0 Å². The van der Waals surface area contributed by atoms with E-state index in [9.17, 15) is 0 Å². The van der Waals surface area contributed by atoms with Crippen molar-refractivity contribution in [3.8, 4) is 0 Å². The molecule has 2 heteroatoms. The molecule has 1 aromatic rings. The van der Waals surface area contributed by atoms with Gasteiger partial charge in [0.15, 0.2) is 0 Å². The molecule has 0 unspecified atom stereocenters. The van der Waals surface area contributed by atoms with Crippen LogP contribution in [-0.2, 0) is 0 Å². The van der Waals surface area contributed by atoms with Gasteiger partial charge in [-0.3, -0.25) is 0 Å². The Morgan fingerprint density at radius 3 is 2.00 bits per heavy atom. The van der Waals surface area contributed by atoms with E-state index < -0.39 is 0 Å². The SMILES string of the molecule is CC(=N)c1ccc(N(C)C)cc1. The zero-order valence-corrected chi connectivity index (χ0v) is 7.76. The second kappa shape index (κ2) is 3.39. The van der Waals surface area contributed by atoms with Gasteiger partial charge < -0.3 is 10.3 Å². The van der Waals surface area contributed by atoms with Crippen LogP contribution in [0.15, 0.2) is 24.3 Å². The third-order valence-corrected chi connectivity index (χ3v) is 1.82. The molecule has 0 radical (unpaired) electrons.